The fourth-order valence-corrected chi connectivity index (χ4v) is 2.57. The number of fused-ring (bicyclic) bond motifs is 1. The molecule has 0 spiro atoms. The van der Waals surface area contributed by atoms with Gasteiger partial charge in [0, 0.05) is 12.1 Å². The molecule has 6 heteroatoms. The lowest BCUT2D eigenvalue weighted by Crippen LogP contribution is -2.03. The number of rotatable bonds is 2. The number of nitrogens with zero attached hydrogens (tertiary/aromatic N) is 2. The van der Waals surface area contributed by atoms with Crippen LogP contribution in [0.15, 0.2) is 34.9 Å². The number of pyridine rings is 1. The zero-order valence-electron chi connectivity index (χ0n) is 11.0. The minimum Gasteiger partial charge on any atom is -0.312 e. The highest BCUT2D eigenvalue weighted by Gasteiger charge is 2.13. The van der Waals surface area contributed by atoms with E-state index in [0.29, 0.717) is 21.2 Å². The summed E-state index contributed by atoms with van der Waals surface area (Å²) in [4.78, 5) is 4.24. The van der Waals surface area contributed by atoms with Gasteiger partial charge in [-0.1, -0.05) is 0 Å². The van der Waals surface area contributed by atoms with E-state index in [0.717, 1.165) is 11.6 Å². The molecule has 0 fully saturated rings. The van der Waals surface area contributed by atoms with Gasteiger partial charge in [0.1, 0.15) is 16.2 Å². The molecule has 0 aliphatic heterocycles. The normalized spacial score (nSPS) is 11.3. The molecule has 0 bridgehead atoms. The van der Waals surface area contributed by atoms with Crippen molar-refractivity contribution in [3.8, 4) is 0 Å². The molecule has 0 amide bonds. The Hall–Kier alpha value is -1.82. The Morgan fingerprint density at radius 1 is 1.05 bits per heavy atom. The summed E-state index contributed by atoms with van der Waals surface area (Å²) in [5.74, 6) is -1.86. The van der Waals surface area contributed by atoms with Crippen molar-refractivity contribution < 1.29 is 13.2 Å². The number of benzene rings is 1. The van der Waals surface area contributed by atoms with Crippen molar-refractivity contribution in [2.75, 3.05) is 0 Å². The highest BCUT2D eigenvalue weighted by molar-refractivity contribution is 9.10. The first-order valence-electron chi connectivity index (χ1n) is 6.21. The summed E-state index contributed by atoms with van der Waals surface area (Å²) in [5.41, 5.74) is 2.27. The standard InChI is InChI=1S/C15H10BrF3N2/c1-8-2-13-12(20-15(8)16)6-14(19)21(13)7-9-3-10(17)5-11(18)4-9/h2-6H,7H2,1H3. The topological polar surface area (TPSA) is 17.8 Å². The van der Waals surface area contributed by atoms with Crippen LogP contribution in [0.5, 0.6) is 0 Å². The monoisotopic (exact) mass is 354 g/mol. The largest absolute Gasteiger partial charge is 0.312 e. The van der Waals surface area contributed by atoms with E-state index in [2.05, 4.69) is 20.9 Å². The van der Waals surface area contributed by atoms with Gasteiger partial charge in [0.15, 0.2) is 5.95 Å². The number of halogens is 4. The minimum absolute atomic E-state index is 0.0345. The van der Waals surface area contributed by atoms with E-state index < -0.39 is 17.6 Å². The molecule has 1 aromatic carbocycles. The molecule has 3 aromatic rings. The summed E-state index contributed by atoms with van der Waals surface area (Å²) in [5, 5.41) is 0. The van der Waals surface area contributed by atoms with Crippen LogP contribution in [-0.4, -0.2) is 9.55 Å². The van der Waals surface area contributed by atoms with Crippen LogP contribution in [0.25, 0.3) is 11.0 Å². The molecule has 2 aromatic heterocycles. The average molecular weight is 355 g/mol. The van der Waals surface area contributed by atoms with Crippen LogP contribution < -0.4 is 0 Å². The smallest absolute Gasteiger partial charge is 0.196 e. The molecule has 3 rings (SSSR count). The van der Waals surface area contributed by atoms with Gasteiger partial charge in [0.2, 0.25) is 0 Å². The first-order chi connectivity index (χ1) is 9.94. The van der Waals surface area contributed by atoms with Gasteiger partial charge in [-0.3, -0.25) is 0 Å². The second kappa shape index (κ2) is 5.18. The summed E-state index contributed by atoms with van der Waals surface area (Å²) in [6.45, 7) is 1.88. The van der Waals surface area contributed by atoms with Crippen LogP contribution in [0.3, 0.4) is 0 Å². The van der Waals surface area contributed by atoms with Crippen molar-refractivity contribution in [3.05, 3.63) is 63.6 Å². The Balaban J connectivity index is 2.11. The molecule has 2 nitrogen and oxygen atoms in total. The van der Waals surface area contributed by atoms with Crippen LogP contribution >= 0.6 is 15.9 Å². The lowest BCUT2D eigenvalue weighted by atomic mass is 10.2. The van der Waals surface area contributed by atoms with Gasteiger partial charge in [0.25, 0.3) is 0 Å². The Morgan fingerprint density at radius 2 is 1.71 bits per heavy atom. The first-order valence-corrected chi connectivity index (χ1v) is 7.00. The molecule has 0 aliphatic rings. The van der Waals surface area contributed by atoms with Crippen molar-refractivity contribution in [2.24, 2.45) is 0 Å². The van der Waals surface area contributed by atoms with E-state index in [1.807, 2.05) is 6.92 Å². The van der Waals surface area contributed by atoms with Crippen LogP contribution in [0, 0.1) is 24.5 Å². The maximum absolute atomic E-state index is 14.1. The number of hydrogen-bond acceptors (Lipinski definition) is 1. The number of hydrogen-bond donors (Lipinski definition) is 0. The molecule has 0 aliphatic carbocycles. The van der Waals surface area contributed by atoms with E-state index in [4.69, 9.17) is 0 Å². The molecule has 0 saturated carbocycles. The van der Waals surface area contributed by atoms with E-state index in [-0.39, 0.29) is 6.54 Å². The SMILES string of the molecule is Cc1cc2c(cc(F)n2Cc2cc(F)cc(F)c2)nc1Br. The van der Waals surface area contributed by atoms with Crippen molar-refractivity contribution in [1.82, 2.24) is 9.55 Å². The molecule has 0 atom stereocenters. The molecule has 21 heavy (non-hydrogen) atoms. The highest BCUT2D eigenvalue weighted by atomic mass is 79.9. The third-order valence-electron chi connectivity index (χ3n) is 3.23. The zero-order valence-corrected chi connectivity index (χ0v) is 12.6. The van der Waals surface area contributed by atoms with Gasteiger partial charge in [-0.2, -0.15) is 4.39 Å². The van der Waals surface area contributed by atoms with Crippen LogP contribution in [-0.2, 0) is 6.54 Å². The minimum atomic E-state index is -0.682. The quantitative estimate of drug-likeness (QED) is 0.616. The molecule has 108 valence electrons. The van der Waals surface area contributed by atoms with Gasteiger partial charge >= 0.3 is 0 Å². The second-order valence-electron chi connectivity index (χ2n) is 4.83. The zero-order chi connectivity index (χ0) is 15.1. The average Bonchev–Trinajstić information content (AvgIpc) is 2.65. The Labute approximate surface area is 127 Å². The molecule has 0 N–H and O–H groups in total. The first kappa shape index (κ1) is 14.1. The van der Waals surface area contributed by atoms with Crippen molar-refractivity contribution in [3.63, 3.8) is 0 Å². The predicted octanol–water partition coefficient (Wildman–Crippen LogP) is 4.57. The molecule has 0 radical (unpaired) electrons. The summed E-state index contributed by atoms with van der Waals surface area (Å²) >= 11 is 3.29. The molecular weight excluding hydrogens is 345 g/mol. The van der Waals surface area contributed by atoms with Gasteiger partial charge in [0.05, 0.1) is 17.6 Å². The number of aromatic nitrogens is 2. The van der Waals surface area contributed by atoms with Gasteiger partial charge < -0.3 is 4.57 Å². The second-order valence-corrected chi connectivity index (χ2v) is 5.58. The lowest BCUT2D eigenvalue weighted by Gasteiger charge is -2.08. The van der Waals surface area contributed by atoms with Gasteiger partial charge in [-0.05, 0) is 52.2 Å². The maximum atomic E-state index is 14.1. The Bertz CT molecular complexity index is 822. The summed E-state index contributed by atoms with van der Waals surface area (Å²) in [6.07, 6.45) is 0. The van der Waals surface area contributed by atoms with Crippen molar-refractivity contribution in [1.29, 1.82) is 0 Å². The fourth-order valence-electron chi connectivity index (χ4n) is 2.26. The van der Waals surface area contributed by atoms with Crippen molar-refractivity contribution >= 4 is 27.0 Å². The third kappa shape index (κ3) is 2.68. The van der Waals surface area contributed by atoms with E-state index in [9.17, 15) is 13.2 Å². The summed E-state index contributed by atoms with van der Waals surface area (Å²) in [6, 6.07) is 6.25. The summed E-state index contributed by atoms with van der Waals surface area (Å²) in [7, 11) is 0. The third-order valence-corrected chi connectivity index (χ3v) is 4.03. The molecule has 0 unspecified atom stereocenters. The maximum Gasteiger partial charge on any atom is 0.196 e. The fraction of sp³-hybridized carbons (Fsp3) is 0.133. The van der Waals surface area contributed by atoms with Crippen LogP contribution in [0.2, 0.25) is 0 Å². The van der Waals surface area contributed by atoms with Crippen LogP contribution in [0.4, 0.5) is 13.2 Å². The Kier molecular flexibility index (Phi) is 3.49. The van der Waals surface area contributed by atoms with Gasteiger partial charge in [-0.25, -0.2) is 13.8 Å². The van der Waals surface area contributed by atoms with E-state index in [1.165, 1.54) is 22.8 Å². The lowest BCUT2D eigenvalue weighted by molar-refractivity contribution is 0.520. The van der Waals surface area contributed by atoms with Gasteiger partial charge in [-0.15, -0.1) is 0 Å². The number of aryl methyl sites for hydroxylation is 1. The Morgan fingerprint density at radius 3 is 2.38 bits per heavy atom. The molecule has 2 heterocycles. The summed E-state index contributed by atoms with van der Waals surface area (Å²) < 4.78 is 42.5. The van der Waals surface area contributed by atoms with E-state index in [1.54, 1.807) is 6.07 Å². The molecular formula is C15H10BrF3N2. The predicted molar refractivity (Wildman–Crippen MR) is 77.6 cm³/mol. The van der Waals surface area contributed by atoms with E-state index >= 15 is 0 Å². The highest BCUT2D eigenvalue weighted by Crippen LogP contribution is 2.24. The van der Waals surface area contributed by atoms with Crippen LogP contribution in [0.1, 0.15) is 11.1 Å². The molecule has 0 saturated heterocycles. The van der Waals surface area contributed by atoms with Crippen molar-refractivity contribution in [2.45, 2.75) is 13.5 Å².